The number of methoxy groups -OCH3 is 2. The van der Waals surface area contributed by atoms with Crippen molar-refractivity contribution in [2.75, 3.05) is 86.9 Å². The Morgan fingerprint density at radius 3 is 0.893 bits per heavy atom. The molecule has 8 aromatic rings. The molecule has 0 aliphatic carbocycles. The summed E-state index contributed by atoms with van der Waals surface area (Å²) in [6, 6.07) is 68.7. The van der Waals surface area contributed by atoms with E-state index in [-0.39, 0.29) is 12.5 Å². The Balaban J connectivity index is 0.000000484. The summed E-state index contributed by atoms with van der Waals surface area (Å²) in [4.78, 5) is 10.5. The van der Waals surface area contributed by atoms with E-state index in [9.17, 15) is 9.90 Å². The second kappa shape index (κ2) is 76.3. The van der Waals surface area contributed by atoms with Crippen LogP contribution in [0.2, 0.25) is 0 Å². The molecule has 0 bridgehead atoms. The molecule has 8 rings (SSSR count). The Morgan fingerprint density at radius 1 is 0.320 bits per heavy atom. The number of nitrogens with two attached hydrogens (primary N) is 1. The number of ether oxygens (including phenoxy) is 10. The van der Waals surface area contributed by atoms with Crippen LogP contribution in [0.15, 0.2) is 200 Å². The van der Waals surface area contributed by atoms with Gasteiger partial charge in [0.05, 0.1) is 51.8 Å². The summed E-state index contributed by atoms with van der Waals surface area (Å²) < 4.78 is 55.4. The van der Waals surface area contributed by atoms with E-state index in [0.717, 1.165) is 176 Å². The smallest absolute Gasteiger partial charge is 0.217 e. The minimum atomic E-state index is -0.695. The van der Waals surface area contributed by atoms with Gasteiger partial charge in [0.15, 0.2) is 0 Å². The Bertz CT molecular complexity index is 3710. The number of primary amides is 1. The second-order valence-electron chi connectivity index (χ2n) is 31.7. The predicted molar refractivity (Wildman–Crippen MR) is 512 cm³/mol. The zero-order valence-electron chi connectivity index (χ0n) is 78.2. The van der Waals surface area contributed by atoms with Crippen LogP contribution in [0, 0.1) is 5.92 Å². The van der Waals surface area contributed by atoms with Crippen molar-refractivity contribution in [2.24, 2.45) is 11.7 Å². The van der Waals surface area contributed by atoms with E-state index < -0.39 is 5.60 Å². The molecule has 0 aliphatic rings. The van der Waals surface area contributed by atoms with Crippen LogP contribution < -0.4 is 38.9 Å². The lowest BCUT2D eigenvalue weighted by atomic mass is 9.99. The lowest BCUT2D eigenvalue weighted by Crippen LogP contribution is -2.34. The Hall–Kier alpha value is -8.37. The molecule has 0 heterocycles. The number of unbranched alkanes of at least 4 members (excludes halogenated alkanes) is 10. The average molecular weight is 1690 g/mol. The van der Waals surface area contributed by atoms with E-state index in [2.05, 4.69) is 184 Å². The normalized spacial score (nSPS) is 10.6. The molecule has 0 radical (unpaired) electrons. The molecular weight excluding hydrogens is 1520 g/mol. The number of hydrogen-bond acceptors (Lipinski definition) is 13. The van der Waals surface area contributed by atoms with E-state index in [0.29, 0.717) is 58.4 Å². The standard InChI is InChI=1S/C21H28O2.C16H26O2.C15H24O2.C15H24O.C14H21NO2.C14H22O2.C13H20O2/c1-2-3-10-19-13-9-14-21(17-19)23-16-8-7-15-22-18-20-11-5-4-6-12-20;1-4-7-9-14-10-8-11-15(12-14)18-13-16(17,5-2)6-3;1-3-4-8-14-9-7-10-15(13-14)17-12-6-5-11-16-2;1-4-5-7-14-8-6-9-15(12-14)16-11-10-13(2)3;1-2-3-6-12-7-4-8-13(11-12)17-10-5-9-14(15)16;1-2-3-7-13-8-6-9-14(12-13)16-11-5-4-10-15;1-3-4-6-12-7-5-8-13(11-12)15-10-9-14-2/h4-6,9,11-14,17H,2-3,7-8,10,15-16,18H2,1H3;8,10-12,17H,4-7,9,13H2,1-3H3;7,9-10,13H,3-6,8,11-12H2,1-2H3;6,8-9,12-13H,4-5,7,10-11H2,1-3H3;4,7-8,11H,2-3,5-6,9-10H2,1H3,(H2,15,16);6,8-9,12,15H,2-5,7,10-11H2,1H3;5,7-8,11H,3-4,6,9-10H2,1-2H3. The van der Waals surface area contributed by atoms with Gasteiger partial charge in [-0.1, -0.05) is 236 Å². The van der Waals surface area contributed by atoms with Gasteiger partial charge in [-0.25, -0.2) is 0 Å². The summed E-state index contributed by atoms with van der Waals surface area (Å²) >= 11 is 0. The van der Waals surface area contributed by atoms with Crippen LogP contribution in [0.25, 0.3) is 0 Å². The number of aryl methyl sites for hydroxylation is 7. The highest BCUT2D eigenvalue weighted by Gasteiger charge is 2.23. The number of aliphatic hydroxyl groups excluding tert-OH is 1. The zero-order valence-corrected chi connectivity index (χ0v) is 78.2. The molecule has 122 heavy (non-hydrogen) atoms. The molecule has 0 saturated heterocycles. The lowest BCUT2D eigenvalue weighted by Gasteiger charge is -2.25. The molecule has 8 aromatic carbocycles. The molecule has 680 valence electrons. The fourth-order valence-corrected chi connectivity index (χ4v) is 12.2. The van der Waals surface area contributed by atoms with Gasteiger partial charge in [-0.05, 0) is 289 Å². The fraction of sp³-hybridized carbons (Fsp3) is 0.546. The van der Waals surface area contributed by atoms with Crippen molar-refractivity contribution in [3.63, 3.8) is 0 Å². The molecule has 0 aliphatic heterocycles. The van der Waals surface area contributed by atoms with E-state index in [1.54, 1.807) is 14.2 Å². The number of hydrogen-bond donors (Lipinski definition) is 3. The summed E-state index contributed by atoms with van der Waals surface area (Å²) in [6.45, 7) is 31.7. The number of carbonyl (C=O) groups excluding carboxylic acids is 1. The molecule has 0 saturated carbocycles. The van der Waals surface area contributed by atoms with Gasteiger partial charge in [-0.3, -0.25) is 4.79 Å². The van der Waals surface area contributed by atoms with Crippen molar-refractivity contribution in [3.8, 4) is 40.2 Å². The van der Waals surface area contributed by atoms with Gasteiger partial charge >= 0.3 is 0 Å². The van der Waals surface area contributed by atoms with Crippen LogP contribution in [-0.2, 0) is 70.6 Å². The van der Waals surface area contributed by atoms with Crippen LogP contribution in [-0.4, -0.2) is 109 Å². The first-order valence-corrected chi connectivity index (χ1v) is 46.8. The highest BCUT2D eigenvalue weighted by atomic mass is 16.5. The van der Waals surface area contributed by atoms with Crippen molar-refractivity contribution in [2.45, 2.75) is 294 Å². The van der Waals surface area contributed by atoms with Crippen molar-refractivity contribution in [1.29, 1.82) is 0 Å². The Morgan fingerprint density at radius 2 is 0.598 bits per heavy atom. The number of aliphatic hydroxyl groups is 2. The zero-order chi connectivity index (χ0) is 88.8. The third kappa shape index (κ3) is 60.2. The monoisotopic (exact) mass is 1680 g/mol. The number of rotatable bonds is 58. The molecule has 1 amide bonds. The van der Waals surface area contributed by atoms with E-state index >= 15 is 0 Å². The first-order valence-electron chi connectivity index (χ1n) is 46.8. The maximum absolute atomic E-state index is 10.5. The highest BCUT2D eigenvalue weighted by molar-refractivity contribution is 5.73. The van der Waals surface area contributed by atoms with Gasteiger partial charge < -0.3 is 63.3 Å². The molecule has 0 fully saturated rings. The SMILES string of the molecule is CCCCc1cccc(OCC(O)(CC)CC)c1.CCCCc1cccc(OCCC(C)C)c1.CCCCc1cccc(OCCCC(N)=O)c1.CCCCc1cccc(OCCCCO)c1.CCCCc1cccc(OCCCCOC)c1.CCCCc1cccc(OCCCCOCc2ccccc2)c1.CCCCc1cccc(OCCOC)c1. The third-order valence-corrected chi connectivity index (χ3v) is 20.1. The summed E-state index contributed by atoms with van der Waals surface area (Å²) in [5.74, 6) is 7.09. The molecular formula is C108H165NO13. The van der Waals surface area contributed by atoms with E-state index in [1.807, 2.05) is 92.7 Å². The van der Waals surface area contributed by atoms with Gasteiger partial charge in [0, 0.05) is 40.5 Å². The number of carbonyl (C=O) groups is 1. The van der Waals surface area contributed by atoms with Crippen molar-refractivity contribution in [3.05, 3.63) is 245 Å². The maximum atomic E-state index is 10.5. The van der Waals surface area contributed by atoms with Crippen LogP contribution in [0.4, 0.5) is 0 Å². The molecule has 0 spiro atoms. The average Bonchev–Trinajstić information content (AvgIpc) is 0.908. The quantitative estimate of drug-likeness (QED) is 0.0307. The van der Waals surface area contributed by atoms with Crippen molar-refractivity contribution >= 4 is 5.91 Å². The third-order valence-electron chi connectivity index (χ3n) is 20.1. The molecule has 14 nitrogen and oxygen atoms in total. The Labute approximate surface area is 741 Å². The second-order valence-corrected chi connectivity index (χ2v) is 31.7. The predicted octanol–water partition coefficient (Wildman–Crippen LogP) is 26.6. The fourth-order valence-electron chi connectivity index (χ4n) is 12.2. The van der Waals surface area contributed by atoms with Crippen LogP contribution in [0.5, 0.6) is 40.2 Å². The first-order chi connectivity index (χ1) is 59.5. The van der Waals surface area contributed by atoms with Crippen LogP contribution >= 0.6 is 0 Å². The first kappa shape index (κ1) is 110. The molecule has 0 atom stereocenters. The molecule has 0 aromatic heterocycles. The summed E-state index contributed by atoms with van der Waals surface area (Å²) in [6.07, 6.45) is 34.6. The van der Waals surface area contributed by atoms with Gasteiger partial charge in [-0.2, -0.15) is 0 Å². The minimum absolute atomic E-state index is 0.250. The maximum Gasteiger partial charge on any atom is 0.217 e. The van der Waals surface area contributed by atoms with Gasteiger partial charge in [0.2, 0.25) is 5.91 Å². The molecule has 0 unspecified atom stereocenters. The van der Waals surface area contributed by atoms with Gasteiger partial charge in [-0.15, -0.1) is 0 Å². The van der Waals surface area contributed by atoms with E-state index in [1.165, 1.54) is 134 Å². The summed E-state index contributed by atoms with van der Waals surface area (Å²) in [5, 5.41) is 18.8. The summed E-state index contributed by atoms with van der Waals surface area (Å²) in [5.41, 5.74) is 15.0. The van der Waals surface area contributed by atoms with Crippen molar-refractivity contribution < 1.29 is 62.4 Å². The van der Waals surface area contributed by atoms with Crippen LogP contribution in [0.3, 0.4) is 0 Å². The highest BCUT2D eigenvalue weighted by Crippen LogP contribution is 2.24. The minimum Gasteiger partial charge on any atom is -0.494 e. The van der Waals surface area contributed by atoms with Crippen molar-refractivity contribution in [1.82, 2.24) is 0 Å². The summed E-state index contributed by atoms with van der Waals surface area (Å²) in [7, 11) is 3.42. The Kier molecular flexibility index (Phi) is 68.6. The van der Waals surface area contributed by atoms with Gasteiger partial charge in [0.1, 0.15) is 53.5 Å². The number of benzene rings is 8. The molecule has 4 N–H and O–H groups in total. The molecule has 14 heteroatoms. The van der Waals surface area contributed by atoms with E-state index in [4.69, 9.17) is 58.2 Å². The van der Waals surface area contributed by atoms with Gasteiger partial charge in [0.25, 0.3) is 0 Å². The van der Waals surface area contributed by atoms with Crippen LogP contribution in [0.1, 0.15) is 281 Å². The lowest BCUT2D eigenvalue weighted by molar-refractivity contribution is -0.118. The topological polar surface area (TPSA) is 176 Å². The largest absolute Gasteiger partial charge is 0.494 e. The number of amides is 1.